The molecule has 0 saturated heterocycles. The van der Waals surface area contributed by atoms with E-state index in [-0.39, 0.29) is 29.4 Å². The van der Waals surface area contributed by atoms with Crippen molar-refractivity contribution in [2.24, 2.45) is 0 Å². The number of hydrogen-bond donors (Lipinski definition) is 2. The van der Waals surface area contributed by atoms with Crippen LogP contribution in [0.15, 0.2) is 28.8 Å². The molecular weight excluding hydrogens is 330 g/mol. The summed E-state index contributed by atoms with van der Waals surface area (Å²) in [6.45, 7) is 3.60. The van der Waals surface area contributed by atoms with E-state index < -0.39 is 11.6 Å². The van der Waals surface area contributed by atoms with Gasteiger partial charge in [-0.2, -0.15) is 5.10 Å². The van der Waals surface area contributed by atoms with Crippen molar-refractivity contribution in [1.82, 2.24) is 15.4 Å². The number of anilines is 1. The van der Waals surface area contributed by atoms with Gasteiger partial charge < -0.3 is 9.84 Å². The van der Waals surface area contributed by atoms with Crippen molar-refractivity contribution in [3.05, 3.63) is 52.9 Å². The monoisotopic (exact) mass is 346 g/mol. The maximum absolute atomic E-state index is 13.8. The lowest BCUT2D eigenvalue weighted by molar-refractivity contribution is -0.116. The number of nitrogens with zero attached hydrogens (tertiary/aromatic N) is 2. The number of aryl methyl sites for hydroxylation is 2. The minimum Gasteiger partial charge on any atom is -0.361 e. The fourth-order valence-corrected chi connectivity index (χ4v) is 2.57. The molecule has 0 aliphatic carbocycles. The number of H-pyrrole nitrogens is 1. The summed E-state index contributed by atoms with van der Waals surface area (Å²) in [5.74, 6) is -0.810. The van der Waals surface area contributed by atoms with Gasteiger partial charge in [0.25, 0.3) is 0 Å². The minimum atomic E-state index is -0.708. The van der Waals surface area contributed by atoms with Crippen LogP contribution in [0.5, 0.6) is 0 Å². The molecule has 0 radical (unpaired) electrons. The van der Waals surface area contributed by atoms with Gasteiger partial charge in [-0.15, -0.1) is 0 Å². The molecule has 0 saturated carbocycles. The Bertz CT molecular complexity index is 878. The highest BCUT2D eigenvalue weighted by atomic mass is 19.1. The molecule has 0 atom stereocenters. The number of halogens is 2. The Morgan fingerprint density at radius 2 is 2.00 bits per heavy atom. The third-order valence-corrected chi connectivity index (χ3v) is 3.86. The zero-order valence-corrected chi connectivity index (χ0v) is 13.7. The van der Waals surface area contributed by atoms with E-state index in [0.29, 0.717) is 12.2 Å². The lowest BCUT2D eigenvalue weighted by Crippen LogP contribution is -2.12. The van der Waals surface area contributed by atoms with Crippen molar-refractivity contribution in [2.75, 3.05) is 5.32 Å². The summed E-state index contributed by atoms with van der Waals surface area (Å²) in [5, 5.41) is 12.8. The highest BCUT2D eigenvalue weighted by molar-refractivity contribution is 5.90. The predicted octanol–water partition coefficient (Wildman–Crippen LogP) is 3.53. The molecule has 1 amide bonds. The Morgan fingerprint density at radius 1 is 1.28 bits per heavy atom. The Morgan fingerprint density at radius 3 is 2.64 bits per heavy atom. The van der Waals surface area contributed by atoms with Crippen LogP contribution in [0.1, 0.15) is 23.4 Å². The summed E-state index contributed by atoms with van der Waals surface area (Å²) in [5.41, 5.74) is 1.58. The second kappa shape index (κ2) is 6.84. The number of hydrogen-bond acceptors (Lipinski definition) is 4. The molecule has 130 valence electrons. The van der Waals surface area contributed by atoms with E-state index in [9.17, 15) is 13.6 Å². The maximum atomic E-state index is 13.8. The molecular formula is C17H16F2N4O2. The smallest absolute Gasteiger partial charge is 0.225 e. The number of carbonyl (C=O) groups excluding carboxylic acids is 1. The van der Waals surface area contributed by atoms with E-state index in [1.807, 2.05) is 6.92 Å². The van der Waals surface area contributed by atoms with Gasteiger partial charge in [0.15, 0.2) is 5.82 Å². The second-order valence-electron chi connectivity index (χ2n) is 5.61. The van der Waals surface area contributed by atoms with Crippen LogP contribution in [-0.2, 0) is 11.2 Å². The van der Waals surface area contributed by atoms with Crippen molar-refractivity contribution in [3.63, 3.8) is 0 Å². The SMILES string of the molecule is Cc1noc(C)c1CCC(=O)Nc1cc(-c2c(F)cccc2F)[nH]n1. The van der Waals surface area contributed by atoms with Gasteiger partial charge in [-0.25, -0.2) is 8.78 Å². The molecule has 3 rings (SSSR count). The number of nitrogens with one attached hydrogen (secondary N) is 2. The van der Waals surface area contributed by atoms with Gasteiger partial charge in [0.1, 0.15) is 17.4 Å². The number of amides is 1. The van der Waals surface area contributed by atoms with Crippen molar-refractivity contribution in [2.45, 2.75) is 26.7 Å². The topological polar surface area (TPSA) is 83.8 Å². The number of carbonyl (C=O) groups is 1. The van der Waals surface area contributed by atoms with Crippen LogP contribution in [0, 0.1) is 25.5 Å². The molecule has 2 heterocycles. The molecule has 1 aromatic carbocycles. The largest absolute Gasteiger partial charge is 0.361 e. The molecule has 0 spiro atoms. The number of benzene rings is 1. The molecule has 0 aliphatic rings. The van der Waals surface area contributed by atoms with Crippen molar-refractivity contribution < 1.29 is 18.1 Å². The molecule has 0 bridgehead atoms. The van der Waals surface area contributed by atoms with Crippen LogP contribution in [0.3, 0.4) is 0 Å². The fraction of sp³-hybridized carbons (Fsp3) is 0.235. The first-order valence-electron chi connectivity index (χ1n) is 7.67. The van der Waals surface area contributed by atoms with Crippen LogP contribution in [0.4, 0.5) is 14.6 Å². The van der Waals surface area contributed by atoms with Crippen molar-refractivity contribution >= 4 is 11.7 Å². The Hall–Kier alpha value is -3.03. The normalized spacial score (nSPS) is 10.9. The molecule has 2 N–H and O–H groups in total. The Kier molecular flexibility index (Phi) is 4.60. The number of aromatic amines is 1. The molecule has 2 aromatic heterocycles. The molecule has 6 nitrogen and oxygen atoms in total. The third kappa shape index (κ3) is 3.57. The highest BCUT2D eigenvalue weighted by Gasteiger charge is 2.15. The van der Waals surface area contributed by atoms with E-state index in [1.54, 1.807) is 6.92 Å². The molecule has 0 fully saturated rings. The molecule has 3 aromatic rings. The maximum Gasteiger partial charge on any atom is 0.225 e. The van der Waals surface area contributed by atoms with Crippen LogP contribution >= 0.6 is 0 Å². The van der Waals surface area contributed by atoms with Crippen LogP contribution in [0.2, 0.25) is 0 Å². The fourth-order valence-electron chi connectivity index (χ4n) is 2.57. The van der Waals surface area contributed by atoms with Gasteiger partial charge in [-0.3, -0.25) is 9.89 Å². The summed E-state index contributed by atoms with van der Waals surface area (Å²) >= 11 is 0. The Labute approximate surface area is 142 Å². The third-order valence-electron chi connectivity index (χ3n) is 3.86. The van der Waals surface area contributed by atoms with Gasteiger partial charge >= 0.3 is 0 Å². The molecule has 25 heavy (non-hydrogen) atoms. The first kappa shape index (κ1) is 16.8. The zero-order chi connectivity index (χ0) is 18.0. The quantitative estimate of drug-likeness (QED) is 0.740. The minimum absolute atomic E-state index is 0.150. The van der Waals surface area contributed by atoms with Gasteiger partial charge in [-0.05, 0) is 32.4 Å². The summed E-state index contributed by atoms with van der Waals surface area (Å²) in [4.78, 5) is 12.0. The summed E-state index contributed by atoms with van der Waals surface area (Å²) in [7, 11) is 0. The van der Waals surface area contributed by atoms with Crippen LogP contribution in [0.25, 0.3) is 11.3 Å². The lowest BCUT2D eigenvalue weighted by Gasteiger charge is -2.02. The summed E-state index contributed by atoms with van der Waals surface area (Å²) in [6.07, 6.45) is 0.686. The predicted molar refractivity (Wildman–Crippen MR) is 86.9 cm³/mol. The number of aromatic nitrogens is 3. The average molecular weight is 346 g/mol. The van der Waals surface area contributed by atoms with Crippen LogP contribution < -0.4 is 5.32 Å². The van der Waals surface area contributed by atoms with E-state index in [4.69, 9.17) is 4.52 Å². The van der Waals surface area contributed by atoms with Crippen molar-refractivity contribution in [1.29, 1.82) is 0 Å². The molecule has 0 aliphatic heterocycles. The van der Waals surface area contributed by atoms with Crippen LogP contribution in [-0.4, -0.2) is 21.3 Å². The van der Waals surface area contributed by atoms with Gasteiger partial charge in [0.2, 0.25) is 5.91 Å². The van der Waals surface area contributed by atoms with Gasteiger partial charge in [0, 0.05) is 18.1 Å². The zero-order valence-electron chi connectivity index (χ0n) is 13.7. The van der Waals surface area contributed by atoms with E-state index in [0.717, 1.165) is 23.4 Å². The van der Waals surface area contributed by atoms with E-state index >= 15 is 0 Å². The molecule has 8 heteroatoms. The summed E-state index contributed by atoms with van der Waals surface area (Å²) < 4.78 is 32.6. The molecule has 0 unspecified atom stereocenters. The lowest BCUT2D eigenvalue weighted by atomic mass is 10.1. The van der Waals surface area contributed by atoms with Gasteiger partial charge in [-0.1, -0.05) is 11.2 Å². The van der Waals surface area contributed by atoms with E-state index in [2.05, 4.69) is 20.7 Å². The second-order valence-corrected chi connectivity index (χ2v) is 5.61. The Balaban J connectivity index is 1.66. The standard InChI is InChI=1S/C17H16F2N4O2/c1-9-11(10(2)25-23-9)6-7-16(24)20-15-8-14(21-22-15)17-12(18)4-3-5-13(17)19/h3-5,8H,6-7H2,1-2H3,(H2,20,21,22,24). The van der Waals surface area contributed by atoms with E-state index in [1.165, 1.54) is 12.1 Å². The van der Waals surface area contributed by atoms with Gasteiger partial charge in [0.05, 0.1) is 17.0 Å². The first-order valence-corrected chi connectivity index (χ1v) is 7.67. The van der Waals surface area contributed by atoms with Crippen molar-refractivity contribution in [3.8, 4) is 11.3 Å². The first-order chi connectivity index (χ1) is 12.0. The highest BCUT2D eigenvalue weighted by Crippen LogP contribution is 2.25. The average Bonchev–Trinajstić information content (AvgIpc) is 3.13. The summed E-state index contributed by atoms with van der Waals surface area (Å²) in [6, 6.07) is 4.97. The number of rotatable bonds is 5.